The van der Waals surface area contributed by atoms with Gasteiger partial charge in [-0.25, -0.2) is 0 Å². The molecule has 2 aliphatic rings. The van der Waals surface area contributed by atoms with Crippen molar-refractivity contribution in [2.45, 2.75) is 37.8 Å². The Bertz CT molecular complexity index is 347. The van der Waals surface area contributed by atoms with Gasteiger partial charge in [-0.1, -0.05) is 5.16 Å². The summed E-state index contributed by atoms with van der Waals surface area (Å²) in [6.07, 6.45) is 3.50. The summed E-state index contributed by atoms with van der Waals surface area (Å²) in [5, 5.41) is 4.00. The van der Waals surface area contributed by atoms with E-state index in [0.29, 0.717) is 12.0 Å². The van der Waals surface area contributed by atoms with Crippen LogP contribution in [0.4, 0.5) is 0 Å². The first-order valence-electron chi connectivity index (χ1n) is 5.61. The second kappa shape index (κ2) is 3.57. The Labute approximate surface area is 88.6 Å². The highest BCUT2D eigenvalue weighted by Crippen LogP contribution is 2.38. The molecule has 2 N–H and O–H groups in total. The third-order valence-electron chi connectivity index (χ3n) is 3.09. The average molecular weight is 208 g/mol. The maximum Gasteiger partial charge on any atom is 0.240 e. The van der Waals surface area contributed by atoms with Crippen molar-refractivity contribution in [2.75, 3.05) is 13.1 Å². The van der Waals surface area contributed by atoms with E-state index in [4.69, 9.17) is 10.3 Å². The first-order valence-corrected chi connectivity index (χ1v) is 5.61. The molecule has 1 atom stereocenters. The number of hydrogen-bond acceptors (Lipinski definition) is 5. The molecule has 0 aromatic carbocycles. The molecule has 3 rings (SSSR count). The number of nitrogens with zero attached hydrogens (tertiary/aromatic N) is 3. The van der Waals surface area contributed by atoms with Crippen molar-refractivity contribution in [3.05, 3.63) is 11.7 Å². The number of likely N-dealkylation sites (tertiary alicyclic amines) is 1. The van der Waals surface area contributed by atoms with Crippen LogP contribution in [0.5, 0.6) is 0 Å². The highest BCUT2D eigenvalue weighted by Gasteiger charge is 2.29. The molecular weight excluding hydrogens is 192 g/mol. The first kappa shape index (κ1) is 9.30. The van der Waals surface area contributed by atoms with Crippen LogP contribution < -0.4 is 5.73 Å². The van der Waals surface area contributed by atoms with Crippen molar-refractivity contribution in [1.82, 2.24) is 15.0 Å². The highest BCUT2D eigenvalue weighted by atomic mass is 16.5. The minimum Gasteiger partial charge on any atom is -0.338 e. The highest BCUT2D eigenvalue weighted by molar-refractivity contribution is 5.03. The van der Waals surface area contributed by atoms with Crippen LogP contribution in [0.1, 0.15) is 36.9 Å². The Morgan fingerprint density at radius 2 is 2.27 bits per heavy atom. The molecule has 82 valence electrons. The molecule has 15 heavy (non-hydrogen) atoms. The van der Waals surface area contributed by atoms with E-state index in [1.807, 2.05) is 0 Å². The van der Waals surface area contributed by atoms with Crippen LogP contribution in [0.25, 0.3) is 0 Å². The summed E-state index contributed by atoms with van der Waals surface area (Å²) in [6.45, 7) is 2.75. The van der Waals surface area contributed by atoms with Crippen molar-refractivity contribution in [3.63, 3.8) is 0 Å². The first-order chi connectivity index (χ1) is 7.31. The maximum atomic E-state index is 5.83. The number of aromatic nitrogens is 2. The van der Waals surface area contributed by atoms with Crippen molar-refractivity contribution < 1.29 is 4.52 Å². The summed E-state index contributed by atoms with van der Waals surface area (Å²) in [6, 6.07) is 0.316. The molecule has 0 radical (unpaired) electrons. The van der Waals surface area contributed by atoms with Crippen LogP contribution in [0.3, 0.4) is 0 Å². The molecule has 0 unspecified atom stereocenters. The van der Waals surface area contributed by atoms with Crippen LogP contribution in [0.15, 0.2) is 4.52 Å². The smallest absolute Gasteiger partial charge is 0.240 e. The van der Waals surface area contributed by atoms with Gasteiger partial charge in [0.25, 0.3) is 0 Å². The molecule has 1 aromatic rings. The summed E-state index contributed by atoms with van der Waals surface area (Å²) in [7, 11) is 0. The summed E-state index contributed by atoms with van der Waals surface area (Å²) in [5.74, 6) is 2.21. The number of hydrogen-bond donors (Lipinski definition) is 1. The molecule has 5 nitrogen and oxygen atoms in total. The van der Waals surface area contributed by atoms with Gasteiger partial charge in [-0.05, 0) is 19.3 Å². The zero-order valence-corrected chi connectivity index (χ0v) is 8.72. The van der Waals surface area contributed by atoms with Crippen molar-refractivity contribution in [3.8, 4) is 0 Å². The number of rotatable bonds is 3. The van der Waals surface area contributed by atoms with Gasteiger partial charge in [-0.2, -0.15) is 4.98 Å². The van der Waals surface area contributed by atoms with E-state index in [-0.39, 0.29) is 0 Å². The van der Waals surface area contributed by atoms with Crippen LogP contribution >= 0.6 is 0 Å². The van der Waals surface area contributed by atoms with Gasteiger partial charge in [0.05, 0.1) is 6.54 Å². The summed E-state index contributed by atoms with van der Waals surface area (Å²) in [5.41, 5.74) is 5.83. The second-order valence-electron chi connectivity index (χ2n) is 4.60. The topological polar surface area (TPSA) is 68.2 Å². The average Bonchev–Trinajstić information content (AvgIpc) is 2.84. The molecule has 0 amide bonds. The van der Waals surface area contributed by atoms with Gasteiger partial charge < -0.3 is 10.3 Å². The van der Waals surface area contributed by atoms with Gasteiger partial charge in [0, 0.05) is 25.0 Å². The lowest BCUT2D eigenvalue weighted by Gasteiger charge is -2.10. The van der Waals surface area contributed by atoms with Crippen LogP contribution in [0, 0.1) is 0 Å². The van der Waals surface area contributed by atoms with Crippen LogP contribution in [0.2, 0.25) is 0 Å². The molecule has 0 spiro atoms. The Balaban J connectivity index is 1.61. The van der Waals surface area contributed by atoms with Gasteiger partial charge in [-0.15, -0.1) is 0 Å². The Kier molecular flexibility index (Phi) is 2.21. The Hall–Kier alpha value is -0.940. The SMILES string of the molecule is N[C@@H]1CCN(Cc2nc(C3CC3)no2)C1. The lowest BCUT2D eigenvalue weighted by molar-refractivity contribution is 0.265. The maximum absolute atomic E-state index is 5.83. The van der Waals surface area contributed by atoms with Crippen molar-refractivity contribution >= 4 is 0 Å². The second-order valence-corrected chi connectivity index (χ2v) is 4.60. The molecule has 1 saturated heterocycles. The molecule has 1 aromatic heterocycles. The summed E-state index contributed by atoms with van der Waals surface area (Å²) >= 11 is 0. The fourth-order valence-electron chi connectivity index (χ4n) is 2.04. The zero-order chi connectivity index (χ0) is 10.3. The minimum atomic E-state index is 0.316. The monoisotopic (exact) mass is 208 g/mol. The van der Waals surface area contributed by atoms with Gasteiger partial charge in [0.1, 0.15) is 0 Å². The van der Waals surface area contributed by atoms with E-state index < -0.39 is 0 Å². The van der Waals surface area contributed by atoms with Crippen molar-refractivity contribution in [2.24, 2.45) is 5.73 Å². The zero-order valence-electron chi connectivity index (χ0n) is 8.72. The fraction of sp³-hybridized carbons (Fsp3) is 0.800. The molecule has 0 bridgehead atoms. The van der Waals surface area contributed by atoms with Crippen LogP contribution in [-0.2, 0) is 6.54 Å². The summed E-state index contributed by atoms with van der Waals surface area (Å²) in [4.78, 5) is 6.67. The van der Waals surface area contributed by atoms with Crippen LogP contribution in [-0.4, -0.2) is 34.2 Å². The minimum absolute atomic E-state index is 0.316. The standard InChI is InChI=1S/C10H16N4O/c11-8-3-4-14(5-8)6-9-12-10(13-15-9)7-1-2-7/h7-8H,1-6,11H2/t8-/m1/s1. The van der Waals surface area contributed by atoms with E-state index in [2.05, 4.69) is 15.0 Å². The van der Waals surface area contributed by atoms with Gasteiger partial charge >= 0.3 is 0 Å². The molecular formula is C10H16N4O. The Morgan fingerprint density at radius 1 is 1.40 bits per heavy atom. The quantitative estimate of drug-likeness (QED) is 0.782. The van der Waals surface area contributed by atoms with E-state index in [1.54, 1.807) is 0 Å². The van der Waals surface area contributed by atoms with Crippen molar-refractivity contribution in [1.29, 1.82) is 0 Å². The van der Waals surface area contributed by atoms with E-state index >= 15 is 0 Å². The molecule has 5 heteroatoms. The lowest BCUT2D eigenvalue weighted by Crippen LogP contribution is -2.26. The molecule has 1 aliphatic carbocycles. The summed E-state index contributed by atoms with van der Waals surface area (Å²) < 4.78 is 5.22. The Morgan fingerprint density at radius 3 is 2.93 bits per heavy atom. The predicted octanol–water partition coefficient (Wildman–Crippen LogP) is 0.480. The molecule has 1 aliphatic heterocycles. The van der Waals surface area contributed by atoms with E-state index in [9.17, 15) is 0 Å². The normalized spacial score (nSPS) is 27.4. The lowest BCUT2D eigenvalue weighted by atomic mass is 10.3. The van der Waals surface area contributed by atoms with Gasteiger partial charge in [0.2, 0.25) is 5.89 Å². The predicted molar refractivity (Wildman–Crippen MR) is 54.1 cm³/mol. The van der Waals surface area contributed by atoms with E-state index in [0.717, 1.165) is 37.8 Å². The van der Waals surface area contributed by atoms with Gasteiger partial charge in [-0.3, -0.25) is 4.90 Å². The third-order valence-corrected chi connectivity index (χ3v) is 3.09. The van der Waals surface area contributed by atoms with Gasteiger partial charge in [0.15, 0.2) is 5.82 Å². The third kappa shape index (κ3) is 2.03. The fourth-order valence-corrected chi connectivity index (χ4v) is 2.04. The largest absolute Gasteiger partial charge is 0.338 e. The molecule has 1 saturated carbocycles. The number of nitrogens with two attached hydrogens (primary N) is 1. The van der Waals surface area contributed by atoms with E-state index in [1.165, 1.54) is 12.8 Å². The molecule has 2 heterocycles. The molecule has 2 fully saturated rings.